The lowest BCUT2D eigenvalue weighted by atomic mass is 10.2. The van der Waals surface area contributed by atoms with Crippen molar-refractivity contribution in [3.05, 3.63) is 26.9 Å². The van der Waals surface area contributed by atoms with Crippen LogP contribution in [0.1, 0.15) is 18.2 Å². The van der Waals surface area contributed by atoms with E-state index in [2.05, 4.69) is 18.1 Å². The number of nitrogens with one attached hydrogen (secondary N) is 1. The number of aliphatic hydroxyl groups is 1. The average Bonchev–Trinajstić information content (AvgIpc) is 2.86. The van der Waals surface area contributed by atoms with Gasteiger partial charge in [0.1, 0.15) is 17.0 Å². The number of nitrogens with zero attached hydrogens (tertiary/aromatic N) is 1. The first-order valence-electron chi connectivity index (χ1n) is 7.52. The van der Waals surface area contributed by atoms with Crippen molar-refractivity contribution in [1.82, 2.24) is 9.55 Å². The lowest BCUT2D eigenvalue weighted by Gasteiger charge is -2.19. The lowest BCUT2D eigenvalue weighted by molar-refractivity contribution is -0.0450. The molecule has 0 amide bonds. The van der Waals surface area contributed by atoms with Crippen LogP contribution < -0.4 is 5.69 Å². The third kappa shape index (κ3) is 7.26. The van der Waals surface area contributed by atoms with E-state index in [-0.39, 0.29) is 11.1 Å². The topological polar surface area (TPSA) is 227 Å². The summed E-state index contributed by atoms with van der Waals surface area (Å²) in [6.45, 7) is 0.797. The van der Waals surface area contributed by atoms with Crippen LogP contribution in [0.5, 0.6) is 0 Å². The summed E-state index contributed by atoms with van der Waals surface area (Å²) in [7, 11) is -16.5. The fourth-order valence-corrected chi connectivity index (χ4v) is 5.48. The first-order valence-corrected chi connectivity index (χ1v) is 12.5. The van der Waals surface area contributed by atoms with Crippen LogP contribution in [-0.2, 0) is 31.6 Å². The third-order valence-corrected chi connectivity index (χ3v) is 7.70. The molecule has 0 aliphatic carbocycles. The molecule has 5 atom stereocenters. The molecule has 1 aromatic heterocycles. The monoisotopic (exact) mass is 498 g/mol. The van der Waals surface area contributed by atoms with Gasteiger partial charge in [0, 0.05) is 18.2 Å². The number of aliphatic hydroxyl groups excluding tert-OH is 1. The van der Waals surface area contributed by atoms with E-state index in [0.717, 1.165) is 4.57 Å². The number of aromatic amines is 1. The van der Waals surface area contributed by atoms with Gasteiger partial charge in [-0.2, -0.15) is 8.62 Å². The number of phosphoric ester groups is 1. The Morgan fingerprint density at radius 2 is 1.86 bits per heavy atom. The van der Waals surface area contributed by atoms with E-state index in [4.69, 9.17) is 31.6 Å². The minimum atomic E-state index is -5.65. The summed E-state index contributed by atoms with van der Waals surface area (Å²) in [5, 5.41) is 10.0. The minimum absolute atomic E-state index is 0.103. The van der Waals surface area contributed by atoms with Gasteiger partial charge >= 0.3 is 29.2 Å². The van der Waals surface area contributed by atoms with Gasteiger partial charge in [0.2, 0.25) is 0 Å². The van der Waals surface area contributed by atoms with Gasteiger partial charge in [-0.3, -0.25) is 14.1 Å². The van der Waals surface area contributed by atoms with Gasteiger partial charge in [-0.25, -0.2) is 18.5 Å². The average molecular weight is 498 g/mol. The summed E-state index contributed by atoms with van der Waals surface area (Å²) in [6, 6.07) is 0. The molecule has 3 unspecified atom stereocenters. The van der Waals surface area contributed by atoms with Gasteiger partial charge in [-0.05, 0) is 6.92 Å². The van der Waals surface area contributed by atoms with Crippen molar-refractivity contribution in [1.29, 1.82) is 0 Å². The Balaban J connectivity index is 2.03. The number of aromatic nitrogens is 2. The second-order valence-corrected chi connectivity index (χ2v) is 10.6. The highest BCUT2D eigenvalue weighted by Crippen LogP contribution is 2.66. The van der Waals surface area contributed by atoms with Crippen molar-refractivity contribution in [2.75, 3.05) is 6.61 Å². The minimum Gasteiger partial charge on any atom is -0.390 e. The van der Waals surface area contributed by atoms with E-state index in [1.54, 1.807) is 6.92 Å². The Hall–Kier alpha value is -0.570. The first kappa shape index (κ1) is 24.7. The maximum Gasteiger partial charge on any atom is 0.490 e. The van der Waals surface area contributed by atoms with Gasteiger partial charge in [-0.1, -0.05) is 12.2 Å². The van der Waals surface area contributed by atoms with Crippen LogP contribution in [0.2, 0.25) is 0 Å². The Morgan fingerprint density at radius 3 is 2.45 bits per heavy atom. The molecule has 19 heteroatoms. The van der Waals surface area contributed by atoms with Crippen molar-refractivity contribution in [2.24, 2.45) is 0 Å². The van der Waals surface area contributed by atoms with Crippen molar-refractivity contribution in [2.45, 2.75) is 31.8 Å². The molecule has 1 aliphatic rings. The molecule has 0 spiro atoms. The fraction of sp³-hybridized carbons (Fsp3) is 0.600. The number of hydrogen-bond acceptors (Lipinski definition) is 10. The number of hydrogen-bond donors (Lipinski definition) is 6. The summed E-state index contributed by atoms with van der Waals surface area (Å²) >= 11 is 4.93. The maximum absolute atomic E-state index is 12.0. The van der Waals surface area contributed by atoms with E-state index in [9.17, 15) is 28.5 Å². The molecule has 0 aromatic carbocycles. The summed E-state index contributed by atoms with van der Waals surface area (Å²) in [6.07, 6.45) is -2.20. The molecule has 0 radical (unpaired) electrons. The van der Waals surface area contributed by atoms with Crippen LogP contribution in [0.25, 0.3) is 0 Å². The molecule has 1 aliphatic heterocycles. The van der Waals surface area contributed by atoms with E-state index in [1.165, 1.54) is 6.20 Å². The number of aryl methyl sites for hydroxylation is 1. The van der Waals surface area contributed by atoms with E-state index < -0.39 is 54.2 Å². The van der Waals surface area contributed by atoms with E-state index >= 15 is 0 Å². The molecule has 0 bridgehead atoms. The summed E-state index contributed by atoms with van der Waals surface area (Å²) < 4.78 is 51.8. The second-order valence-electron chi connectivity index (χ2n) is 5.80. The number of rotatable bonds is 8. The molecule has 0 saturated carbocycles. The van der Waals surface area contributed by atoms with Gasteiger partial charge in [0.05, 0.1) is 12.7 Å². The highest BCUT2D eigenvalue weighted by Gasteiger charge is 2.42. The Bertz CT molecular complexity index is 1020. The zero-order valence-electron chi connectivity index (χ0n) is 14.4. The van der Waals surface area contributed by atoms with E-state index in [1.807, 2.05) is 0 Å². The Labute approximate surface area is 167 Å². The maximum atomic E-state index is 12.0. The highest BCUT2D eigenvalue weighted by atomic mass is 32.1. The molecular formula is C10H17N2O13P3S. The SMILES string of the molecule is Cc1cn([C@H]2CC(O)[C@@H](COP(=O)(O)OP(=O)(O)OP(=O)(O)O)O2)c(=O)[nH]c1=S. The van der Waals surface area contributed by atoms with Gasteiger partial charge < -0.3 is 29.4 Å². The van der Waals surface area contributed by atoms with Gasteiger partial charge in [0.15, 0.2) is 0 Å². The second kappa shape index (κ2) is 8.89. The standard InChI is InChI=1S/C10H17N2O13P3S/c1-5-3-12(10(14)11-9(5)29)8-2-6(13)7(23-8)4-22-27(18,19)25-28(20,21)24-26(15,16)17/h3,6-8,13H,2,4H2,1H3,(H,18,19)(H,20,21)(H,11,14,29)(H2,15,16,17)/t6?,7-,8-/m1/s1. The van der Waals surface area contributed by atoms with Crippen molar-refractivity contribution >= 4 is 35.7 Å². The van der Waals surface area contributed by atoms with Crippen molar-refractivity contribution in [3.63, 3.8) is 0 Å². The molecule has 2 rings (SSSR count). The molecule has 15 nitrogen and oxygen atoms in total. The summed E-state index contributed by atoms with van der Waals surface area (Å²) in [5.74, 6) is 0. The Morgan fingerprint density at radius 1 is 1.24 bits per heavy atom. The zero-order valence-corrected chi connectivity index (χ0v) is 17.9. The van der Waals surface area contributed by atoms with Gasteiger partial charge in [-0.15, -0.1) is 0 Å². The highest BCUT2D eigenvalue weighted by molar-refractivity contribution is 7.71. The van der Waals surface area contributed by atoms with E-state index in [0.29, 0.717) is 5.56 Å². The summed E-state index contributed by atoms with van der Waals surface area (Å²) in [4.78, 5) is 49.8. The van der Waals surface area contributed by atoms with Crippen LogP contribution in [-0.4, -0.2) is 53.0 Å². The molecular weight excluding hydrogens is 481 g/mol. The van der Waals surface area contributed by atoms with Crippen molar-refractivity contribution in [3.8, 4) is 0 Å². The largest absolute Gasteiger partial charge is 0.490 e. The van der Waals surface area contributed by atoms with Crippen LogP contribution in [0.4, 0.5) is 0 Å². The molecule has 1 fully saturated rings. The quantitative estimate of drug-likeness (QED) is 0.208. The zero-order chi connectivity index (χ0) is 22.2. The third-order valence-electron chi connectivity index (χ3n) is 3.48. The molecule has 6 N–H and O–H groups in total. The number of phosphoric acid groups is 3. The molecule has 1 saturated heterocycles. The molecule has 166 valence electrons. The Kier molecular flexibility index (Phi) is 7.57. The van der Waals surface area contributed by atoms with Crippen molar-refractivity contribution < 1.29 is 56.3 Å². The van der Waals surface area contributed by atoms with Gasteiger partial charge in [0.25, 0.3) is 0 Å². The number of H-pyrrole nitrogens is 1. The first-order chi connectivity index (χ1) is 13.1. The fourth-order valence-electron chi connectivity index (χ4n) is 2.31. The summed E-state index contributed by atoms with van der Waals surface area (Å²) in [5.41, 5.74) is -0.0688. The molecule has 2 heterocycles. The van der Waals surface area contributed by atoms with Crippen LogP contribution in [0.3, 0.4) is 0 Å². The molecule has 1 aromatic rings. The van der Waals surface area contributed by atoms with Crippen LogP contribution in [0.15, 0.2) is 11.0 Å². The van der Waals surface area contributed by atoms with Crippen LogP contribution in [0, 0.1) is 11.6 Å². The predicted octanol–water partition coefficient (Wildman–Crippen LogP) is 0.206. The normalized spacial score (nSPS) is 26.8. The lowest BCUT2D eigenvalue weighted by Crippen LogP contribution is -2.28. The predicted molar refractivity (Wildman–Crippen MR) is 95.0 cm³/mol. The molecule has 29 heavy (non-hydrogen) atoms. The smallest absolute Gasteiger partial charge is 0.390 e. The number of ether oxygens (including phenoxy) is 1. The van der Waals surface area contributed by atoms with Crippen LogP contribution >= 0.6 is 35.7 Å².